The molecule has 1 aliphatic heterocycles. The molecule has 0 saturated carbocycles. The molecule has 3 heteroatoms. The first-order valence-corrected chi connectivity index (χ1v) is 4.67. The fourth-order valence-electron chi connectivity index (χ4n) is 1.18. The normalized spacial score (nSPS) is 17.0. The topological polar surface area (TPSA) is 12.5 Å². The second-order valence-corrected chi connectivity index (χ2v) is 3.16. The lowest BCUT2D eigenvalue weighted by Crippen LogP contribution is -2.28. The Balaban J connectivity index is 2.17. The molecule has 2 nitrogen and oxygen atoms in total. The van der Waals surface area contributed by atoms with Gasteiger partial charge in [-0.3, -0.25) is 0 Å². The molecule has 0 radical (unpaired) electrons. The zero-order chi connectivity index (χ0) is 8.10. The number of likely N-dealkylation sites (tertiary alicyclic amines) is 1. The minimum atomic E-state index is 0.698. The Bertz CT molecular complexity index is 132. The average molecular weight is 173 g/mol. The first-order chi connectivity index (χ1) is 5.34. The lowest BCUT2D eigenvalue weighted by atomic mass is 10.4. The monoisotopic (exact) mass is 173 g/mol. The quantitative estimate of drug-likeness (QED) is 0.591. The van der Waals surface area contributed by atoms with Crippen molar-refractivity contribution in [3.63, 3.8) is 0 Å². The molecule has 1 heterocycles. The van der Waals surface area contributed by atoms with Gasteiger partial charge >= 0.3 is 0 Å². The van der Waals surface area contributed by atoms with E-state index in [1.54, 1.807) is 0 Å². The van der Waals surface area contributed by atoms with E-state index < -0.39 is 0 Å². The van der Waals surface area contributed by atoms with Crippen LogP contribution in [-0.4, -0.2) is 29.8 Å². The fraction of sp³-hybridized carbons (Fsp3) is 0.875. The van der Waals surface area contributed by atoms with Crippen LogP contribution in [0.15, 0.2) is 0 Å². The maximum atomic E-state index is 5.33. The van der Waals surface area contributed by atoms with Crippen molar-refractivity contribution in [1.82, 2.24) is 4.90 Å². The number of thiocarbonyl (C=S) groups is 1. The molecule has 0 atom stereocenters. The maximum absolute atomic E-state index is 5.33. The van der Waals surface area contributed by atoms with Crippen LogP contribution >= 0.6 is 12.2 Å². The fourth-order valence-corrected chi connectivity index (χ4v) is 1.45. The predicted molar refractivity (Wildman–Crippen MR) is 49.6 cm³/mol. The van der Waals surface area contributed by atoms with Crippen LogP contribution in [0.2, 0.25) is 0 Å². The minimum absolute atomic E-state index is 0.698. The van der Waals surface area contributed by atoms with Gasteiger partial charge in [0.15, 0.2) is 0 Å². The highest BCUT2D eigenvalue weighted by Gasteiger charge is 2.14. The molecule has 0 amide bonds. The number of nitrogens with zero attached hydrogens (tertiary/aromatic N) is 1. The van der Waals surface area contributed by atoms with Crippen molar-refractivity contribution in [1.29, 1.82) is 0 Å². The summed E-state index contributed by atoms with van der Waals surface area (Å²) in [6.45, 7) is 5.02. The number of hydrogen-bond donors (Lipinski definition) is 0. The Morgan fingerprint density at radius 1 is 1.45 bits per heavy atom. The van der Waals surface area contributed by atoms with Crippen LogP contribution < -0.4 is 0 Å². The standard InChI is InChI=1S/C8H15NOS/c1-2-7-10-8(11)9-5-3-4-6-9/h2-7H2,1H3. The molecule has 64 valence electrons. The predicted octanol–water partition coefficient (Wildman–Crippen LogP) is 1.79. The third-order valence-electron chi connectivity index (χ3n) is 1.79. The molecule has 0 spiro atoms. The van der Waals surface area contributed by atoms with Gasteiger partial charge in [-0.05, 0) is 31.5 Å². The zero-order valence-electron chi connectivity index (χ0n) is 7.01. The van der Waals surface area contributed by atoms with Gasteiger partial charge in [0, 0.05) is 13.1 Å². The van der Waals surface area contributed by atoms with Crippen molar-refractivity contribution in [3.8, 4) is 0 Å². The summed E-state index contributed by atoms with van der Waals surface area (Å²) in [5, 5.41) is 0.698. The highest BCUT2D eigenvalue weighted by Crippen LogP contribution is 2.08. The van der Waals surface area contributed by atoms with Gasteiger partial charge in [-0.1, -0.05) is 6.92 Å². The Morgan fingerprint density at radius 3 is 2.64 bits per heavy atom. The minimum Gasteiger partial charge on any atom is -0.471 e. The van der Waals surface area contributed by atoms with Crippen molar-refractivity contribution in [2.75, 3.05) is 19.7 Å². The molecule has 1 rings (SSSR count). The van der Waals surface area contributed by atoms with Gasteiger partial charge in [-0.2, -0.15) is 0 Å². The van der Waals surface area contributed by atoms with Gasteiger partial charge in [-0.25, -0.2) is 0 Å². The van der Waals surface area contributed by atoms with Crippen molar-refractivity contribution < 1.29 is 4.74 Å². The second-order valence-electron chi connectivity index (χ2n) is 2.81. The third kappa shape index (κ3) is 2.66. The van der Waals surface area contributed by atoms with Crippen molar-refractivity contribution in [2.24, 2.45) is 0 Å². The van der Waals surface area contributed by atoms with E-state index in [9.17, 15) is 0 Å². The summed E-state index contributed by atoms with van der Waals surface area (Å²) in [7, 11) is 0. The summed E-state index contributed by atoms with van der Waals surface area (Å²) in [6.07, 6.45) is 3.55. The molecular formula is C8H15NOS. The van der Waals surface area contributed by atoms with E-state index in [2.05, 4.69) is 11.8 Å². The number of hydrogen-bond acceptors (Lipinski definition) is 2. The summed E-state index contributed by atoms with van der Waals surface area (Å²) in [6, 6.07) is 0. The molecule has 0 aromatic carbocycles. The molecule has 11 heavy (non-hydrogen) atoms. The average Bonchev–Trinajstić information content (AvgIpc) is 2.52. The zero-order valence-corrected chi connectivity index (χ0v) is 7.82. The van der Waals surface area contributed by atoms with Gasteiger partial charge in [-0.15, -0.1) is 0 Å². The van der Waals surface area contributed by atoms with Gasteiger partial charge in [0.1, 0.15) is 0 Å². The van der Waals surface area contributed by atoms with E-state index in [4.69, 9.17) is 17.0 Å². The largest absolute Gasteiger partial charge is 0.471 e. The summed E-state index contributed by atoms with van der Waals surface area (Å²) in [4.78, 5) is 2.14. The lowest BCUT2D eigenvalue weighted by molar-refractivity contribution is 0.257. The van der Waals surface area contributed by atoms with Crippen LogP contribution in [0.25, 0.3) is 0 Å². The van der Waals surface area contributed by atoms with E-state index in [-0.39, 0.29) is 0 Å². The van der Waals surface area contributed by atoms with E-state index in [1.807, 2.05) is 0 Å². The summed E-state index contributed by atoms with van der Waals surface area (Å²) < 4.78 is 5.33. The van der Waals surface area contributed by atoms with Crippen LogP contribution in [0.4, 0.5) is 0 Å². The Morgan fingerprint density at radius 2 is 2.09 bits per heavy atom. The first-order valence-electron chi connectivity index (χ1n) is 4.26. The molecule has 0 N–H and O–H groups in total. The molecule has 0 bridgehead atoms. The van der Waals surface area contributed by atoms with Gasteiger partial charge < -0.3 is 9.64 Å². The maximum Gasteiger partial charge on any atom is 0.259 e. The first kappa shape index (κ1) is 8.78. The van der Waals surface area contributed by atoms with E-state index in [1.165, 1.54) is 12.8 Å². The van der Waals surface area contributed by atoms with E-state index >= 15 is 0 Å². The number of ether oxygens (including phenoxy) is 1. The molecule has 1 aliphatic rings. The van der Waals surface area contributed by atoms with Crippen molar-refractivity contribution >= 4 is 17.4 Å². The SMILES string of the molecule is CCCOC(=S)N1CCCC1. The van der Waals surface area contributed by atoms with Crippen molar-refractivity contribution in [2.45, 2.75) is 26.2 Å². The van der Waals surface area contributed by atoms with Crippen LogP contribution in [0, 0.1) is 0 Å². The van der Waals surface area contributed by atoms with Crippen molar-refractivity contribution in [3.05, 3.63) is 0 Å². The molecule has 0 aromatic rings. The Labute approximate surface area is 73.5 Å². The molecule has 0 unspecified atom stereocenters. The van der Waals surface area contributed by atoms with E-state index in [0.717, 1.165) is 26.1 Å². The van der Waals surface area contributed by atoms with Gasteiger partial charge in [0.25, 0.3) is 5.17 Å². The van der Waals surface area contributed by atoms with Crippen LogP contribution in [0.1, 0.15) is 26.2 Å². The van der Waals surface area contributed by atoms with Crippen LogP contribution in [-0.2, 0) is 4.74 Å². The molecule has 1 saturated heterocycles. The number of rotatable bonds is 2. The van der Waals surface area contributed by atoms with Crippen LogP contribution in [0.3, 0.4) is 0 Å². The van der Waals surface area contributed by atoms with Crippen LogP contribution in [0.5, 0.6) is 0 Å². The Kier molecular flexibility index (Phi) is 3.63. The smallest absolute Gasteiger partial charge is 0.259 e. The summed E-state index contributed by atoms with van der Waals surface area (Å²) >= 11 is 5.08. The van der Waals surface area contributed by atoms with E-state index in [0.29, 0.717) is 5.17 Å². The Hall–Kier alpha value is -0.310. The highest BCUT2D eigenvalue weighted by molar-refractivity contribution is 7.80. The summed E-state index contributed by atoms with van der Waals surface area (Å²) in [5.74, 6) is 0. The second kappa shape index (κ2) is 4.54. The molecule has 0 aromatic heterocycles. The van der Waals surface area contributed by atoms with Gasteiger partial charge in [0.2, 0.25) is 0 Å². The van der Waals surface area contributed by atoms with Gasteiger partial charge in [0.05, 0.1) is 6.61 Å². The third-order valence-corrected chi connectivity index (χ3v) is 2.17. The highest BCUT2D eigenvalue weighted by atomic mass is 32.1. The molecule has 1 fully saturated rings. The summed E-state index contributed by atoms with van der Waals surface area (Å²) in [5.41, 5.74) is 0. The lowest BCUT2D eigenvalue weighted by Gasteiger charge is -2.17. The molecule has 0 aliphatic carbocycles. The molecular weight excluding hydrogens is 158 g/mol.